The monoisotopic (exact) mass is 143 g/mol. The Morgan fingerprint density at radius 3 is 3.11 bits per heavy atom. The predicted octanol–water partition coefficient (Wildman–Crippen LogP) is 0.496. The summed E-state index contributed by atoms with van der Waals surface area (Å²) in [4.78, 5) is 10.3. The Morgan fingerprint density at radius 2 is 2.67 bits per heavy atom. The van der Waals surface area contributed by atoms with Crippen molar-refractivity contribution in [1.29, 1.82) is 0 Å². The molecule has 9 heavy (non-hydrogen) atoms. The van der Waals surface area contributed by atoms with Crippen LogP contribution in [0.15, 0.2) is 5.38 Å². The fraction of sp³-hybridized carbons (Fsp3) is 0.250. The van der Waals surface area contributed by atoms with Gasteiger partial charge in [-0.25, -0.2) is 0 Å². The Balaban J connectivity index is 2.58. The van der Waals surface area contributed by atoms with Gasteiger partial charge in [-0.1, -0.05) is 4.49 Å². The molecule has 0 aromatic carbocycles. The third-order valence-electron chi connectivity index (χ3n) is 0.664. The van der Waals surface area contributed by atoms with Crippen molar-refractivity contribution in [2.24, 2.45) is 0 Å². The van der Waals surface area contributed by atoms with Gasteiger partial charge >= 0.3 is 0 Å². The van der Waals surface area contributed by atoms with Gasteiger partial charge in [-0.05, 0) is 11.5 Å². The van der Waals surface area contributed by atoms with Crippen molar-refractivity contribution < 1.29 is 4.79 Å². The van der Waals surface area contributed by atoms with Crippen molar-refractivity contribution in [3.63, 3.8) is 0 Å². The van der Waals surface area contributed by atoms with E-state index in [1.807, 2.05) is 0 Å². The third kappa shape index (κ3) is 1.77. The second-order valence-electron chi connectivity index (χ2n) is 1.47. The van der Waals surface area contributed by atoms with Crippen LogP contribution < -0.4 is 5.32 Å². The molecule has 0 fully saturated rings. The summed E-state index contributed by atoms with van der Waals surface area (Å²) >= 11 is 1.21. The first kappa shape index (κ1) is 6.15. The first-order valence-electron chi connectivity index (χ1n) is 2.33. The molecule has 1 N–H and O–H groups in total. The van der Waals surface area contributed by atoms with Crippen LogP contribution in [-0.4, -0.2) is 15.5 Å². The summed E-state index contributed by atoms with van der Waals surface area (Å²) in [7, 11) is 0. The quantitative estimate of drug-likeness (QED) is 0.622. The zero-order valence-electron chi connectivity index (χ0n) is 4.79. The smallest absolute Gasteiger partial charge is 0.222 e. The second kappa shape index (κ2) is 2.54. The van der Waals surface area contributed by atoms with E-state index in [2.05, 4.69) is 14.9 Å². The van der Waals surface area contributed by atoms with Crippen LogP contribution in [0.25, 0.3) is 0 Å². The van der Waals surface area contributed by atoms with Crippen molar-refractivity contribution in [2.45, 2.75) is 6.92 Å². The van der Waals surface area contributed by atoms with Crippen LogP contribution in [0, 0.1) is 0 Å². The molecule has 1 rings (SSSR count). The van der Waals surface area contributed by atoms with Gasteiger partial charge in [0, 0.05) is 6.92 Å². The van der Waals surface area contributed by atoms with Gasteiger partial charge in [0.25, 0.3) is 0 Å². The molecule has 1 heterocycles. The first-order chi connectivity index (χ1) is 4.29. The van der Waals surface area contributed by atoms with Gasteiger partial charge < -0.3 is 5.32 Å². The van der Waals surface area contributed by atoms with Crippen LogP contribution in [0.5, 0.6) is 0 Å². The van der Waals surface area contributed by atoms with E-state index < -0.39 is 0 Å². The van der Waals surface area contributed by atoms with Gasteiger partial charge in [-0.15, -0.1) is 5.10 Å². The van der Waals surface area contributed by atoms with Gasteiger partial charge in [0.05, 0.1) is 5.38 Å². The number of carbonyl (C=O) groups excluding carboxylic acids is 1. The lowest BCUT2D eigenvalue weighted by atomic mass is 10.6. The molecule has 1 aromatic heterocycles. The van der Waals surface area contributed by atoms with Crippen molar-refractivity contribution in [2.75, 3.05) is 5.32 Å². The van der Waals surface area contributed by atoms with E-state index >= 15 is 0 Å². The number of anilines is 1. The average Bonchev–Trinajstić information content (AvgIpc) is 2.15. The van der Waals surface area contributed by atoms with E-state index in [4.69, 9.17) is 0 Å². The molecule has 1 amide bonds. The van der Waals surface area contributed by atoms with E-state index in [0.717, 1.165) is 0 Å². The van der Waals surface area contributed by atoms with Crippen molar-refractivity contribution in [3.8, 4) is 0 Å². The summed E-state index contributed by atoms with van der Waals surface area (Å²) in [6.45, 7) is 1.43. The highest BCUT2D eigenvalue weighted by Gasteiger charge is 1.94. The molecule has 0 atom stereocenters. The largest absolute Gasteiger partial charge is 0.309 e. The molecule has 0 aliphatic heterocycles. The molecule has 1 aromatic rings. The summed E-state index contributed by atoms with van der Waals surface area (Å²) < 4.78 is 3.55. The van der Waals surface area contributed by atoms with Crippen molar-refractivity contribution in [3.05, 3.63) is 5.38 Å². The van der Waals surface area contributed by atoms with Crippen LogP contribution in [0.1, 0.15) is 6.92 Å². The molecule has 4 nitrogen and oxygen atoms in total. The lowest BCUT2D eigenvalue weighted by Gasteiger charge is -1.90. The molecule has 0 aliphatic rings. The molecular formula is C4H5N3OS. The number of hydrogen-bond donors (Lipinski definition) is 1. The Morgan fingerprint density at radius 1 is 1.89 bits per heavy atom. The Bertz CT molecular complexity index is 196. The van der Waals surface area contributed by atoms with E-state index in [1.165, 1.54) is 18.5 Å². The second-order valence-corrected chi connectivity index (χ2v) is 2.08. The van der Waals surface area contributed by atoms with Crippen LogP contribution in [-0.2, 0) is 4.79 Å². The number of aromatic nitrogens is 2. The molecule has 0 saturated carbocycles. The van der Waals surface area contributed by atoms with Gasteiger partial charge in [0.2, 0.25) is 5.91 Å². The van der Waals surface area contributed by atoms with Crippen LogP contribution >= 0.6 is 11.5 Å². The van der Waals surface area contributed by atoms with Crippen molar-refractivity contribution >= 4 is 23.3 Å². The zero-order chi connectivity index (χ0) is 6.69. The molecule has 0 radical (unpaired) electrons. The molecule has 5 heteroatoms. The van der Waals surface area contributed by atoms with Gasteiger partial charge in [0.15, 0.2) is 5.82 Å². The fourth-order valence-electron chi connectivity index (χ4n) is 0.399. The van der Waals surface area contributed by atoms with Crippen molar-refractivity contribution in [1.82, 2.24) is 9.59 Å². The number of nitrogens with zero attached hydrogens (tertiary/aromatic N) is 2. The standard InChI is InChI=1S/C4H5N3OS/c1-3(8)5-4-2-9-7-6-4/h2H,1H3,(H,5,8). The SMILES string of the molecule is CC(=O)Nc1csnn1. The van der Waals surface area contributed by atoms with Crippen LogP contribution in [0.3, 0.4) is 0 Å². The summed E-state index contributed by atoms with van der Waals surface area (Å²) in [6, 6.07) is 0. The maximum atomic E-state index is 10.3. The number of nitrogens with one attached hydrogen (secondary N) is 1. The van der Waals surface area contributed by atoms with E-state index in [-0.39, 0.29) is 5.91 Å². The summed E-state index contributed by atoms with van der Waals surface area (Å²) in [5, 5.41) is 7.74. The van der Waals surface area contributed by atoms with E-state index in [1.54, 1.807) is 5.38 Å². The minimum Gasteiger partial charge on any atom is -0.309 e. The topological polar surface area (TPSA) is 54.9 Å². The number of carbonyl (C=O) groups is 1. The Labute approximate surface area is 56.1 Å². The number of rotatable bonds is 1. The molecule has 0 aliphatic carbocycles. The number of hydrogen-bond acceptors (Lipinski definition) is 4. The third-order valence-corrected chi connectivity index (χ3v) is 1.17. The van der Waals surface area contributed by atoms with Crippen LogP contribution in [0.4, 0.5) is 5.82 Å². The Hall–Kier alpha value is -0.970. The van der Waals surface area contributed by atoms with Gasteiger partial charge in [0.1, 0.15) is 0 Å². The highest BCUT2D eigenvalue weighted by molar-refractivity contribution is 7.03. The molecule has 0 saturated heterocycles. The maximum Gasteiger partial charge on any atom is 0.222 e. The lowest BCUT2D eigenvalue weighted by Crippen LogP contribution is -2.05. The number of amides is 1. The van der Waals surface area contributed by atoms with Crippen LogP contribution in [0.2, 0.25) is 0 Å². The predicted molar refractivity (Wildman–Crippen MR) is 34.2 cm³/mol. The van der Waals surface area contributed by atoms with Gasteiger partial charge in [-0.3, -0.25) is 4.79 Å². The Kier molecular flexibility index (Phi) is 1.74. The summed E-state index contributed by atoms with van der Waals surface area (Å²) in [5.41, 5.74) is 0. The highest BCUT2D eigenvalue weighted by atomic mass is 32.1. The lowest BCUT2D eigenvalue weighted by molar-refractivity contribution is -0.114. The maximum absolute atomic E-state index is 10.3. The first-order valence-corrected chi connectivity index (χ1v) is 3.17. The zero-order valence-corrected chi connectivity index (χ0v) is 5.60. The minimum atomic E-state index is -0.122. The molecule has 48 valence electrons. The van der Waals surface area contributed by atoms with Gasteiger partial charge in [-0.2, -0.15) is 0 Å². The fourth-order valence-corrected chi connectivity index (χ4v) is 0.788. The normalized spacial score (nSPS) is 9.00. The molecule has 0 spiro atoms. The molecular weight excluding hydrogens is 138 g/mol. The summed E-state index contributed by atoms with van der Waals surface area (Å²) in [6.07, 6.45) is 0. The average molecular weight is 143 g/mol. The summed E-state index contributed by atoms with van der Waals surface area (Å²) in [5.74, 6) is 0.398. The minimum absolute atomic E-state index is 0.122. The van der Waals surface area contributed by atoms with E-state index in [0.29, 0.717) is 5.82 Å². The highest BCUT2D eigenvalue weighted by Crippen LogP contribution is 2.01. The molecule has 0 unspecified atom stereocenters. The van der Waals surface area contributed by atoms with E-state index in [9.17, 15) is 4.79 Å². The molecule has 0 bridgehead atoms.